The molecule has 3 aromatic rings. The number of nitrogens with one attached hydrogen (secondary N) is 4. The third-order valence-electron chi connectivity index (χ3n) is 5.55. The van der Waals surface area contributed by atoms with Crippen molar-refractivity contribution in [2.75, 3.05) is 35.6 Å². The summed E-state index contributed by atoms with van der Waals surface area (Å²) in [7, 11) is 0. The lowest BCUT2D eigenvalue weighted by molar-refractivity contribution is -0.114. The van der Waals surface area contributed by atoms with Gasteiger partial charge in [0.25, 0.3) is 11.8 Å². The van der Waals surface area contributed by atoms with Gasteiger partial charge in [-0.2, -0.15) is 0 Å². The second-order valence-corrected chi connectivity index (χ2v) is 8.23. The van der Waals surface area contributed by atoms with Crippen molar-refractivity contribution in [1.82, 2.24) is 5.32 Å². The molecular formula is C27H28N4O4. The first kappa shape index (κ1) is 24.0. The predicted molar refractivity (Wildman–Crippen MR) is 136 cm³/mol. The molecule has 8 heteroatoms. The van der Waals surface area contributed by atoms with Crippen molar-refractivity contribution in [2.45, 2.75) is 18.9 Å². The summed E-state index contributed by atoms with van der Waals surface area (Å²) in [6.07, 6.45) is 2.10. The molecule has 1 aliphatic rings. The van der Waals surface area contributed by atoms with Crippen LogP contribution in [0.3, 0.4) is 0 Å². The minimum atomic E-state index is -0.241. The van der Waals surface area contributed by atoms with Crippen LogP contribution in [0.1, 0.15) is 33.6 Å². The van der Waals surface area contributed by atoms with Crippen LogP contribution in [0.4, 0.5) is 17.1 Å². The molecule has 8 nitrogen and oxygen atoms in total. The van der Waals surface area contributed by atoms with Crippen LogP contribution >= 0.6 is 0 Å². The Bertz CT molecular complexity index is 1160. The van der Waals surface area contributed by atoms with E-state index in [1.165, 1.54) is 0 Å². The van der Waals surface area contributed by atoms with Gasteiger partial charge in [0.2, 0.25) is 5.91 Å². The fourth-order valence-corrected chi connectivity index (χ4v) is 3.71. The lowest BCUT2D eigenvalue weighted by Crippen LogP contribution is -2.31. The van der Waals surface area contributed by atoms with Crippen LogP contribution in [0.15, 0.2) is 78.9 Å². The quantitative estimate of drug-likeness (QED) is 0.378. The zero-order valence-corrected chi connectivity index (χ0v) is 19.3. The lowest BCUT2D eigenvalue weighted by Gasteiger charge is -2.12. The monoisotopic (exact) mass is 472 g/mol. The topological polar surface area (TPSA) is 109 Å². The van der Waals surface area contributed by atoms with Gasteiger partial charge >= 0.3 is 0 Å². The van der Waals surface area contributed by atoms with Gasteiger partial charge in [-0.15, -0.1) is 0 Å². The van der Waals surface area contributed by atoms with E-state index in [0.29, 0.717) is 29.0 Å². The summed E-state index contributed by atoms with van der Waals surface area (Å²) in [6.45, 7) is 1.31. The molecule has 0 spiro atoms. The summed E-state index contributed by atoms with van der Waals surface area (Å²) in [6, 6.07) is 22.8. The van der Waals surface area contributed by atoms with Crippen LogP contribution in [0.25, 0.3) is 0 Å². The minimum Gasteiger partial charge on any atom is -0.376 e. The standard InChI is InChI=1S/C27H28N4O4/c32-25(30-22-8-4-9-23(16-22)31-27(34)19-6-2-1-3-7-19)18-28-21-13-11-20(12-14-21)26(33)29-17-24-10-5-15-35-24/h1-4,6-9,11-14,16,24,28H,5,10,15,17-18H2,(H,29,33)(H,30,32)(H,31,34). The molecule has 1 aliphatic heterocycles. The van der Waals surface area contributed by atoms with Crippen LogP contribution in [0.5, 0.6) is 0 Å². The van der Waals surface area contributed by atoms with Crippen molar-refractivity contribution < 1.29 is 19.1 Å². The SMILES string of the molecule is O=C(CNc1ccc(C(=O)NCC2CCCO2)cc1)Nc1cccc(NC(=O)c2ccccc2)c1. The molecule has 1 heterocycles. The third-order valence-corrected chi connectivity index (χ3v) is 5.55. The van der Waals surface area contributed by atoms with Gasteiger partial charge in [0, 0.05) is 41.3 Å². The highest BCUT2D eigenvalue weighted by atomic mass is 16.5. The zero-order valence-electron chi connectivity index (χ0n) is 19.3. The molecular weight excluding hydrogens is 444 g/mol. The minimum absolute atomic E-state index is 0.0468. The number of rotatable bonds is 9. The molecule has 0 aliphatic carbocycles. The van der Waals surface area contributed by atoms with Gasteiger partial charge < -0.3 is 26.0 Å². The van der Waals surface area contributed by atoms with E-state index in [2.05, 4.69) is 21.3 Å². The molecule has 4 rings (SSSR count). The molecule has 0 radical (unpaired) electrons. The Morgan fingerprint density at radius 3 is 2.20 bits per heavy atom. The summed E-state index contributed by atoms with van der Waals surface area (Å²) in [5, 5.41) is 11.6. The Hall–Kier alpha value is -4.17. The molecule has 180 valence electrons. The highest BCUT2D eigenvalue weighted by Gasteiger charge is 2.16. The normalized spacial score (nSPS) is 14.7. The van der Waals surface area contributed by atoms with Crippen molar-refractivity contribution in [1.29, 1.82) is 0 Å². The Kier molecular flexibility index (Phi) is 8.08. The summed E-state index contributed by atoms with van der Waals surface area (Å²) >= 11 is 0. The Morgan fingerprint density at radius 1 is 0.771 bits per heavy atom. The average molecular weight is 473 g/mol. The van der Waals surface area contributed by atoms with Gasteiger partial charge in [0.15, 0.2) is 0 Å². The van der Waals surface area contributed by atoms with Gasteiger partial charge in [-0.1, -0.05) is 24.3 Å². The van der Waals surface area contributed by atoms with Crippen LogP contribution in [-0.2, 0) is 9.53 Å². The summed E-state index contributed by atoms with van der Waals surface area (Å²) in [4.78, 5) is 37.0. The first-order chi connectivity index (χ1) is 17.1. The molecule has 3 aromatic carbocycles. The van der Waals surface area contributed by atoms with E-state index in [9.17, 15) is 14.4 Å². The van der Waals surface area contributed by atoms with Crippen LogP contribution in [0.2, 0.25) is 0 Å². The van der Waals surface area contributed by atoms with Gasteiger partial charge in [-0.3, -0.25) is 14.4 Å². The number of carbonyl (C=O) groups is 3. The molecule has 3 amide bonds. The first-order valence-corrected chi connectivity index (χ1v) is 11.6. The number of hydrogen-bond acceptors (Lipinski definition) is 5. The molecule has 1 unspecified atom stereocenters. The van der Waals surface area contributed by atoms with Crippen molar-refractivity contribution in [3.8, 4) is 0 Å². The summed E-state index contributed by atoms with van der Waals surface area (Å²) < 4.78 is 5.52. The van der Waals surface area contributed by atoms with Gasteiger partial charge in [0.1, 0.15) is 0 Å². The third kappa shape index (κ3) is 7.15. The number of carbonyl (C=O) groups excluding carboxylic acids is 3. The predicted octanol–water partition coefficient (Wildman–Crippen LogP) is 3.90. The lowest BCUT2D eigenvalue weighted by atomic mass is 10.2. The van der Waals surface area contributed by atoms with Gasteiger partial charge in [-0.25, -0.2) is 0 Å². The van der Waals surface area contributed by atoms with Crippen LogP contribution in [-0.4, -0.2) is 43.5 Å². The smallest absolute Gasteiger partial charge is 0.255 e. The van der Waals surface area contributed by atoms with E-state index in [1.807, 2.05) is 6.07 Å². The van der Waals surface area contributed by atoms with Gasteiger partial charge in [-0.05, 0) is 67.4 Å². The fraction of sp³-hybridized carbons (Fsp3) is 0.222. The van der Waals surface area contributed by atoms with Crippen molar-refractivity contribution in [2.24, 2.45) is 0 Å². The number of amides is 3. The maximum Gasteiger partial charge on any atom is 0.255 e. The maximum absolute atomic E-state index is 12.4. The highest BCUT2D eigenvalue weighted by molar-refractivity contribution is 6.04. The first-order valence-electron chi connectivity index (χ1n) is 11.6. The Labute approximate surface area is 204 Å². The highest BCUT2D eigenvalue weighted by Crippen LogP contribution is 2.17. The van der Waals surface area contributed by atoms with Crippen molar-refractivity contribution in [3.63, 3.8) is 0 Å². The molecule has 0 aromatic heterocycles. The van der Waals surface area contributed by atoms with Crippen molar-refractivity contribution >= 4 is 34.8 Å². The number of anilines is 3. The van der Waals surface area contributed by atoms with E-state index in [-0.39, 0.29) is 30.4 Å². The molecule has 1 atom stereocenters. The fourth-order valence-electron chi connectivity index (χ4n) is 3.71. The van der Waals surface area contributed by atoms with Crippen LogP contribution in [0, 0.1) is 0 Å². The molecule has 4 N–H and O–H groups in total. The second kappa shape index (κ2) is 11.8. The number of ether oxygens (including phenoxy) is 1. The average Bonchev–Trinajstić information content (AvgIpc) is 3.41. The summed E-state index contributed by atoms with van der Waals surface area (Å²) in [5.74, 6) is -0.612. The van der Waals surface area contributed by atoms with E-state index in [4.69, 9.17) is 4.74 Å². The summed E-state index contributed by atoms with van der Waals surface area (Å²) in [5.41, 5.74) is 2.98. The second-order valence-electron chi connectivity index (χ2n) is 8.23. The number of benzene rings is 3. The van der Waals surface area contributed by atoms with E-state index >= 15 is 0 Å². The van der Waals surface area contributed by atoms with Crippen LogP contribution < -0.4 is 21.3 Å². The number of hydrogen-bond donors (Lipinski definition) is 4. The molecule has 1 saturated heterocycles. The van der Waals surface area contributed by atoms with E-state index < -0.39 is 0 Å². The maximum atomic E-state index is 12.4. The Balaban J connectivity index is 1.23. The van der Waals surface area contributed by atoms with E-state index in [1.54, 1.807) is 72.8 Å². The molecule has 1 fully saturated rings. The van der Waals surface area contributed by atoms with Gasteiger partial charge in [0.05, 0.1) is 12.6 Å². The largest absolute Gasteiger partial charge is 0.376 e. The van der Waals surface area contributed by atoms with E-state index in [0.717, 1.165) is 25.1 Å². The Morgan fingerprint density at radius 2 is 1.49 bits per heavy atom. The molecule has 35 heavy (non-hydrogen) atoms. The molecule has 0 saturated carbocycles. The molecule has 0 bridgehead atoms. The zero-order chi connectivity index (χ0) is 24.5. The van der Waals surface area contributed by atoms with Crippen molar-refractivity contribution in [3.05, 3.63) is 90.0 Å².